The third-order valence-corrected chi connectivity index (χ3v) is 5.26. The van der Waals surface area contributed by atoms with Crippen molar-refractivity contribution in [3.05, 3.63) is 29.8 Å². The Kier molecular flexibility index (Phi) is 8.26. The van der Waals surface area contributed by atoms with Gasteiger partial charge in [-0.2, -0.15) is 0 Å². The van der Waals surface area contributed by atoms with Gasteiger partial charge in [0.05, 0.1) is 7.11 Å². The molecule has 0 N–H and O–H groups in total. The van der Waals surface area contributed by atoms with Gasteiger partial charge in [-0.25, -0.2) is 0 Å². The highest BCUT2D eigenvalue weighted by Gasteiger charge is 2.17. The number of hydrogen-bond acceptors (Lipinski definition) is 3. The lowest BCUT2D eigenvalue weighted by atomic mass is 10.1. The van der Waals surface area contributed by atoms with Gasteiger partial charge in [-0.15, -0.1) is 0 Å². The minimum atomic E-state index is 0.353. The second-order valence-electron chi connectivity index (χ2n) is 7.07. The van der Waals surface area contributed by atoms with E-state index in [1.807, 2.05) is 12.1 Å². The van der Waals surface area contributed by atoms with Crippen molar-refractivity contribution in [1.82, 2.24) is 9.80 Å². The summed E-state index contributed by atoms with van der Waals surface area (Å²) in [6, 6.07) is 8.91. The normalized spacial score (nSPS) is 16.3. The minimum absolute atomic E-state index is 0.353. The van der Waals surface area contributed by atoms with Crippen LogP contribution in [0.5, 0.6) is 5.75 Å². The summed E-state index contributed by atoms with van der Waals surface area (Å²) >= 11 is 0. The Balaban J connectivity index is 1.71. The van der Waals surface area contributed by atoms with Gasteiger partial charge in [-0.05, 0) is 69.8 Å². The number of benzene rings is 1. The Hall–Kier alpha value is -1.55. The third kappa shape index (κ3) is 6.35. The number of methoxy groups -OCH3 is 1. The SMILES string of the molecule is CCN(CCCCN1CCCCC1=O)C(C)Cc1ccc(OC)cc1. The summed E-state index contributed by atoms with van der Waals surface area (Å²) in [5.41, 5.74) is 1.35. The molecule has 4 heteroatoms. The fourth-order valence-electron chi connectivity index (χ4n) is 3.64. The van der Waals surface area contributed by atoms with Crippen LogP contribution < -0.4 is 4.74 Å². The highest BCUT2D eigenvalue weighted by molar-refractivity contribution is 5.76. The van der Waals surface area contributed by atoms with Gasteiger partial charge in [0.15, 0.2) is 0 Å². The summed E-state index contributed by atoms with van der Waals surface area (Å²) < 4.78 is 5.23. The molecule has 2 rings (SSSR count). The first-order valence-electron chi connectivity index (χ1n) is 9.78. The van der Waals surface area contributed by atoms with Gasteiger partial charge in [0.2, 0.25) is 5.91 Å². The number of likely N-dealkylation sites (tertiary alicyclic amines) is 1. The van der Waals surface area contributed by atoms with Crippen LogP contribution in [0.4, 0.5) is 0 Å². The van der Waals surface area contributed by atoms with E-state index in [0.717, 1.165) is 64.0 Å². The molecule has 1 saturated heterocycles. The van der Waals surface area contributed by atoms with Crippen LogP contribution in [0.1, 0.15) is 51.5 Å². The van der Waals surface area contributed by atoms with Crippen molar-refractivity contribution < 1.29 is 9.53 Å². The maximum absolute atomic E-state index is 11.8. The van der Waals surface area contributed by atoms with Crippen molar-refractivity contribution in [2.45, 2.75) is 58.4 Å². The van der Waals surface area contributed by atoms with Crippen molar-refractivity contribution in [3.63, 3.8) is 0 Å². The largest absolute Gasteiger partial charge is 0.497 e. The lowest BCUT2D eigenvalue weighted by molar-refractivity contribution is -0.133. The quantitative estimate of drug-likeness (QED) is 0.605. The molecule has 1 heterocycles. The Bertz CT molecular complexity index is 515. The molecule has 4 nitrogen and oxygen atoms in total. The molecule has 1 amide bonds. The molecule has 0 spiro atoms. The summed E-state index contributed by atoms with van der Waals surface area (Å²) in [6.07, 6.45) is 6.32. The second kappa shape index (κ2) is 10.4. The van der Waals surface area contributed by atoms with Crippen molar-refractivity contribution in [2.75, 3.05) is 33.3 Å². The average Bonchev–Trinajstić information content (AvgIpc) is 2.63. The number of carbonyl (C=O) groups is 1. The molecule has 0 saturated carbocycles. The third-order valence-electron chi connectivity index (χ3n) is 5.26. The van der Waals surface area contributed by atoms with Crippen LogP contribution in [-0.4, -0.2) is 55.0 Å². The topological polar surface area (TPSA) is 32.8 Å². The fraction of sp³-hybridized carbons (Fsp3) is 0.667. The first-order valence-corrected chi connectivity index (χ1v) is 9.78. The first-order chi connectivity index (χ1) is 12.1. The van der Waals surface area contributed by atoms with Gasteiger partial charge < -0.3 is 14.5 Å². The molecule has 1 aromatic rings. The summed E-state index contributed by atoms with van der Waals surface area (Å²) in [5, 5.41) is 0. The van der Waals surface area contributed by atoms with E-state index in [1.165, 1.54) is 12.0 Å². The highest BCUT2D eigenvalue weighted by Crippen LogP contribution is 2.15. The number of amides is 1. The number of unbranched alkanes of at least 4 members (excludes halogenated alkanes) is 1. The molecule has 0 aromatic heterocycles. The van der Waals surface area contributed by atoms with Crippen LogP contribution in [0.25, 0.3) is 0 Å². The van der Waals surface area contributed by atoms with E-state index in [2.05, 4.69) is 35.8 Å². The number of nitrogens with zero attached hydrogens (tertiary/aromatic N) is 2. The number of carbonyl (C=O) groups excluding carboxylic acids is 1. The number of rotatable bonds is 10. The lowest BCUT2D eigenvalue weighted by Crippen LogP contribution is -2.37. The van der Waals surface area contributed by atoms with E-state index in [4.69, 9.17) is 4.74 Å². The van der Waals surface area contributed by atoms with Crippen LogP contribution in [0.3, 0.4) is 0 Å². The fourth-order valence-corrected chi connectivity index (χ4v) is 3.64. The van der Waals surface area contributed by atoms with E-state index < -0.39 is 0 Å². The van der Waals surface area contributed by atoms with Crippen LogP contribution >= 0.6 is 0 Å². The minimum Gasteiger partial charge on any atom is -0.497 e. The average molecular weight is 347 g/mol. The predicted octanol–water partition coefficient (Wildman–Crippen LogP) is 3.74. The molecule has 1 aliphatic rings. The Labute approximate surface area is 153 Å². The van der Waals surface area contributed by atoms with Gasteiger partial charge >= 0.3 is 0 Å². The van der Waals surface area contributed by atoms with E-state index in [-0.39, 0.29) is 0 Å². The second-order valence-corrected chi connectivity index (χ2v) is 7.07. The van der Waals surface area contributed by atoms with Crippen LogP contribution in [0, 0.1) is 0 Å². The molecule has 0 radical (unpaired) electrons. The molecule has 1 unspecified atom stereocenters. The Morgan fingerprint density at radius 1 is 1.20 bits per heavy atom. The maximum atomic E-state index is 11.8. The number of hydrogen-bond donors (Lipinski definition) is 0. The molecule has 0 bridgehead atoms. The van der Waals surface area contributed by atoms with E-state index in [1.54, 1.807) is 7.11 Å². The van der Waals surface area contributed by atoms with Crippen molar-refractivity contribution in [3.8, 4) is 5.75 Å². The molecule has 1 aromatic carbocycles. The Morgan fingerprint density at radius 2 is 1.96 bits per heavy atom. The molecular weight excluding hydrogens is 312 g/mol. The van der Waals surface area contributed by atoms with Gasteiger partial charge in [-0.3, -0.25) is 4.79 Å². The predicted molar refractivity (Wildman–Crippen MR) is 103 cm³/mol. The summed E-state index contributed by atoms with van der Waals surface area (Å²) in [6.45, 7) is 8.61. The standard InChI is InChI=1S/C21H34N2O2/c1-4-22(14-7-8-16-23-15-6-5-9-21(23)24)18(2)17-19-10-12-20(25-3)13-11-19/h10-13,18H,4-9,14-17H2,1-3H3. The summed E-state index contributed by atoms with van der Waals surface area (Å²) in [5.74, 6) is 1.27. The number of ether oxygens (including phenoxy) is 1. The molecule has 1 aliphatic heterocycles. The van der Waals surface area contributed by atoms with Gasteiger partial charge in [0.25, 0.3) is 0 Å². The molecule has 1 fully saturated rings. The van der Waals surface area contributed by atoms with E-state index >= 15 is 0 Å². The zero-order chi connectivity index (χ0) is 18.1. The zero-order valence-electron chi connectivity index (χ0n) is 16.2. The lowest BCUT2D eigenvalue weighted by Gasteiger charge is -2.29. The smallest absolute Gasteiger partial charge is 0.222 e. The van der Waals surface area contributed by atoms with Gasteiger partial charge in [0, 0.05) is 25.6 Å². The molecule has 0 aliphatic carbocycles. The highest BCUT2D eigenvalue weighted by atomic mass is 16.5. The van der Waals surface area contributed by atoms with Crippen LogP contribution in [0.2, 0.25) is 0 Å². The number of likely N-dealkylation sites (N-methyl/N-ethyl adjacent to an activating group) is 1. The molecule has 1 atom stereocenters. The monoisotopic (exact) mass is 346 g/mol. The van der Waals surface area contributed by atoms with Gasteiger partial charge in [0.1, 0.15) is 5.75 Å². The van der Waals surface area contributed by atoms with Crippen LogP contribution in [-0.2, 0) is 11.2 Å². The maximum Gasteiger partial charge on any atom is 0.222 e. The molecular formula is C21H34N2O2. The van der Waals surface area contributed by atoms with Crippen LogP contribution in [0.15, 0.2) is 24.3 Å². The number of piperidine rings is 1. The van der Waals surface area contributed by atoms with E-state index in [0.29, 0.717) is 11.9 Å². The van der Waals surface area contributed by atoms with E-state index in [9.17, 15) is 4.79 Å². The van der Waals surface area contributed by atoms with Crippen molar-refractivity contribution >= 4 is 5.91 Å². The Morgan fingerprint density at radius 3 is 2.60 bits per heavy atom. The first kappa shape index (κ1) is 19.8. The van der Waals surface area contributed by atoms with Gasteiger partial charge in [-0.1, -0.05) is 19.1 Å². The van der Waals surface area contributed by atoms with Crippen molar-refractivity contribution in [2.24, 2.45) is 0 Å². The summed E-state index contributed by atoms with van der Waals surface area (Å²) in [7, 11) is 1.70. The summed E-state index contributed by atoms with van der Waals surface area (Å²) in [4.78, 5) is 16.4. The zero-order valence-corrected chi connectivity index (χ0v) is 16.2. The molecule has 140 valence electrons. The molecule has 25 heavy (non-hydrogen) atoms. The van der Waals surface area contributed by atoms with Crippen molar-refractivity contribution in [1.29, 1.82) is 0 Å².